The summed E-state index contributed by atoms with van der Waals surface area (Å²) in [5, 5.41) is 0. The van der Waals surface area contributed by atoms with Crippen molar-refractivity contribution in [2.45, 2.75) is 13.0 Å². The molecule has 0 aromatic rings. The molecule has 7 heavy (non-hydrogen) atoms. The third kappa shape index (κ3) is 1.14. The molecule has 1 saturated heterocycles. The van der Waals surface area contributed by atoms with Crippen molar-refractivity contribution in [2.75, 3.05) is 13.2 Å². The second-order valence-corrected chi connectivity index (χ2v) is 2.08. The van der Waals surface area contributed by atoms with Gasteiger partial charge < -0.3 is 10.5 Å². The molecule has 1 fully saturated rings. The molecule has 42 valence electrons. The molecule has 0 saturated carbocycles. The summed E-state index contributed by atoms with van der Waals surface area (Å²) in [7, 11) is 0. The highest BCUT2D eigenvalue weighted by atomic mass is 16.6. The molecule has 2 unspecified atom stereocenters. The third-order valence-electron chi connectivity index (χ3n) is 1.37. The molecule has 2 nitrogen and oxygen atoms in total. The van der Waals surface area contributed by atoms with Gasteiger partial charge in [-0.2, -0.15) is 0 Å². The van der Waals surface area contributed by atoms with Gasteiger partial charge in [-0.3, -0.25) is 0 Å². The molecule has 1 aliphatic heterocycles. The Balaban J connectivity index is 2.10. The van der Waals surface area contributed by atoms with E-state index in [-0.39, 0.29) is 0 Å². The molecule has 0 aromatic carbocycles. The van der Waals surface area contributed by atoms with Gasteiger partial charge in [-0.05, 0) is 12.5 Å². The van der Waals surface area contributed by atoms with Crippen LogP contribution in [0.5, 0.6) is 0 Å². The molecule has 0 spiro atoms. The maximum absolute atomic E-state index is 5.33. The van der Waals surface area contributed by atoms with E-state index in [1.807, 2.05) is 0 Å². The maximum Gasteiger partial charge on any atom is 0.0847 e. The van der Waals surface area contributed by atoms with E-state index in [1.165, 1.54) is 0 Å². The van der Waals surface area contributed by atoms with Crippen LogP contribution in [0, 0.1) is 5.92 Å². The lowest BCUT2D eigenvalue weighted by atomic mass is 10.1. The largest absolute Gasteiger partial charge is 0.373 e. The summed E-state index contributed by atoms with van der Waals surface area (Å²) in [6, 6.07) is 0. The zero-order valence-corrected chi connectivity index (χ0v) is 4.55. The highest BCUT2D eigenvalue weighted by Crippen LogP contribution is 2.17. The van der Waals surface area contributed by atoms with Gasteiger partial charge in [0.2, 0.25) is 0 Å². The Morgan fingerprint density at radius 1 is 2.00 bits per heavy atom. The first-order chi connectivity index (χ1) is 3.34. The average molecular weight is 101 g/mol. The van der Waals surface area contributed by atoms with Crippen LogP contribution in [-0.4, -0.2) is 19.3 Å². The van der Waals surface area contributed by atoms with Crippen LogP contribution in [0.25, 0.3) is 0 Å². The second kappa shape index (κ2) is 1.80. The van der Waals surface area contributed by atoms with E-state index in [2.05, 4.69) is 6.92 Å². The fraction of sp³-hybridized carbons (Fsp3) is 1.00. The minimum Gasteiger partial charge on any atom is -0.373 e. The SMILES string of the molecule is CC(CN)C1CO1. The lowest BCUT2D eigenvalue weighted by Gasteiger charge is -1.99. The van der Waals surface area contributed by atoms with Crippen molar-refractivity contribution in [1.29, 1.82) is 0 Å². The van der Waals surface area contributed by atoms with E-state index in [0.29, 0.717) is 12.0 Å². The molecule has 1 rings (SSSR count). The molecular formula is C5H11NO. The Kier molecular flexibility index (Phi) is 1.30. The highest BCUT2D eigenvalue weighted by molar-refractivity contribution is 4.75. The van der Waals surface area contributed by atoms with Gasteiger partial charge in [0.25, 0.3) is 0 Å². The smallest absolute Gasteiger partial charge is 0.0847 e. The summed E-state index contributed by atoms with van der Waals surface area (Å²) in [4.78, 5) is 0. The fourth-order valence-corrected chi connectivity index (χ4v) is 0.536. The van der Waals surface area contributed by atoms with E-state index < -0.39 is 0 Å². The first-order valence-corrected chi connectivity index (χ1v) is 2.66. The molecule has 2 heteroatoms. The molecule has 1 heterocycles. The van der Waals surface area contributed by atoms with Crippen molar-refractivity contribution >= 4 is 0 Å². The van der Waals surface area contributed by atoms with Crippen molar-refractivity contribution in [1.82, 2.24) is 0 Å². The molecule has 0 radical (unpaired) electrons. The summed E-state index contributed by atoms with van der Waals surface area (Å²) in [6.07, 6.45) is 0.491. The lowest BCUT2D eigenvalue weighted by Crippen LogP contribution is -2.15. The van der Waals surface area contributed by atoms with Crippen LogP contribution in [0.1, 0.15) is 6.92 Å². The predicted molar refractivity (Wildman–Crippen MR) is 28.0 cm³/mol. The first kappa shape index (κ1) is 5.06. The molecule has 0 aliphatic carbocycles. The van der Waals surface area contributed by atoms with Crippen LogP contribution < -0.4 is 5.73 Å². The monoisotopic (exact) mass is 101 g/mol. The second-order valence-electron chi connectivity index (χ2n) is 2.08. The van der Waals surface area contributed by atoms with E-state index in [4.69, 9.17) is 10.5 Å². The van der Waals surface area contributed by atoms with E-state index in [0.717, 1.165) is 13.2 Å². The topological polar surface area (TPSA) is 38.5 Å². The number of ether oxygens (including phenoxy) is 1. The van der Waals surface area contributed by atoms with Crippen LogP contribution in [0.15, 0.2) is 0 Å². The normalized spacial score (nSPS) is 32.6. The number of rotatable bonds is 2. The van der Waals surface area contributed by atoms with E-state index >= 15 is 0 Å². The van der Waals surface area contributed by atoms with Gasteiger partial charge in [-0.1, -0.05) is 6.92 Å². The van der Waals surface area contributed by atoms with Crippen molar-refractivity contribution in [3.63, 3.8) is 0 Å². The van der Waals surface area contributed by atoms with Gasteiger partial charge in [0.05, 0.1) is 12.7 Å². The van der Waals surface area contributed by atoms with Crippen molar-refractivity contribution < 1.29 is 4.74 Å². The Morgan fingerprint density at radius 3 is 2.71 bits per heavy atom. The number of epoxide rings is 1. The highest BCUT2D eigenvalue weighted by Gasteiger charge is 2.27. The Morgan fingerprint density at radius 2 is 2.57 bits per heavy atom. The van der Waals surface area contributed by atoms with Gasteiger partial charge in [-0.15, -0.1) is 0 Å². The van der Waals surface area contributed by atoms with Crippen molar-refractivity contribution in [3.8, 4) is 0 Å². The van der Waals surface area contributed by atoms with Crippen LogP contribution in [0.3, 0.4) is 0 Å². The lowest BCUT2D eigenvalue weighted by molar-refractivity contribution is 0.346. The Bertz CT molecular complexity index is 61.1. The van der Waals surface area contributed by atoms with Crippen molar-refractivity contribution in [2.24, 2.45) is 11.7 Å². The molecular weight excluding hydrogens is 90.1 g/mol. The zero-order valence-electron chi connectivity index (χ0n) is 4.55. The molecule has 0 aromatic heterocycles. The minimum absolute atomic E-state index is 0.491. The summed E-state index contributed by atoms with van der Waals surface area (Å²) in [5.41, 5.74) is 5.33. The quantitative estimate of drug-likeness (QED) is 0.496. The number of hydrogen-bond acceptors (Lipinski definition) is 2. The average Bonchev–Trinajstić information content (AvgIpc) is 2.44. The van der Waals surface area contributed by atoms with Gasteiger partial charge >= 0.3 is 0 Å². The predicted octanol–water partition coefficient (Wildman–Crippen LogP) is -0.0200. The van der Waals surface area contributed by atoms with E-state index in [9.17, 15) is 0 Å². The summed E-state index contributed by atoms with van der Waals surface area (Å²) < 4.78 is 4.98. The number of hydrogen-bond donors (Lipinski definition) is 1. The van der Waals surface area contributed by atoms with E-state index in [1.54, 1.807) is 0 Å². The van der Waals surface area contributed by atoms with Gasteiger partial charge in [0.1, 0.15) is 0 Å². The summed E-state index contributed by atoms with van der Waals surface area (Å²) in [5.74, 6) is 0.569. The third-order valence-corrected chi connectivity index (χ3v) is 1.37. The number of nitrogens with two attached hydrogens (primary N) is 1. The molecule has 0 amide bonds. The minimum atomic E-state index is 0.491. The van der Waals surface area contributed by atoms with Gasteiger partial charge in [-0.25, -0.2) is 0 Å². The van der Waals surface area contributed by atoms with Crippen LogP contribution in [0.2, 0.25) is 0 Å². The first-order valence-electron chi connectivity index (χ1n) is 2.66. The molecule has 0 bridgehead atoms. The molecule has 2 atom stereocenters. The van der Waals surface area contributed by atoms with Crippen LogP contribution in [-0.2, 0) is 4.74 Å². The van der Waals surface area contributed by atoms with Gasteiger partial charge in [0.15, 0.2) is 0 Å². The van der Waals surface area contributed by atoms with Crippen LogP contribution in [0.4, 0.5) is 0 Å². The Hall–Kier alpha value is -0.0800. The van der Waals surface area contributed by atoms with Crippen molar-refractivity contribution in [3.05, 3.63) is 0 Å². The fourth-order valence-electron chi connectivity index (χ4n) is 0.536. The summed E-state index contributed by atoms with van der Waals surface area (Å²) in [6.45, 7) is 3.79. The van der Waals surface area contributed by atoms with Gasteiger partial charge in [0, 0.05) is 0 Å². The maximum atomic E-state index is 5.33. The van der Waals surface area contributed by atoms with Crippen LogP contribution >= 0.6 is 0 Å². The standard InChI is InChI=1S/C5H11NO/c1-4(2-6)5-3-7-5/h4-5H,2-3,6H2,1H3. The molecule has 2 N–H and O–H groups in total. The Labute approximate surface area is 43.6 Å². The molecule has 1 aliphatic rings. The zero-order chi connectivity index (χ0) is 5.28. The summed E-state index contributed by atoms with van der Waals surface area (Å²) >= 11 is 0.